The van der Waals surface area contributed by atoms with Crippen LogP contribution in [0.5, 0.6) is 23.0 Å². The summed E-state index contributed by atoms with van der Waals surface area (Å²) in [7, 11) is 7.68. The molecule has 5 rings (SSSR count). The first-order valence-corrected chi connectivity index (χ1v) is 10.2. The smallest absolute Gasteiger partial charge is 0.261 e. The Morgan fingerprint density at radius 1 is 0.758 bits per heavy atom. The molecule has 0 atom stereocenters. The second-order valence-electron chi connectivity index (χ2n) is 7.72. The Balaban J connectivity index is 1.98. The molecule has 0 spiro atoms. The van der Waals surface area contributed by atoms with Crippen LogP contribution in [0.25, 0.3) is 32.9 Å². The third-order valence-corrected chi connectivity index (χ3v) is 6.10. The standard InChI is InChI=1S/C25H22N2O6/c1-27-24(28)15-11-17-21(14-10-13(30-2)6-7-16(14)26-17)20(22(15)25(27)29)12-8-18(31-3)23(33-5)19(9-12)32-4/h6-11,26H,1-5H3. The number of hydrogen-bond acceptors (Lipinski definition) is 6. The number of H-pyrrole nitrogens is 1. The molecule has 33 heavy (non-hydrogen) atoms. The van der Waals surface area contributed by atoms with Crippen molar-refractivity contribution in [3.63, 3.8) is 0 Å². The Hall–Kier alpha value is -4.20. The summed E-state index contributed by atoms with van der Waals surface area (Å²) in [6.07, 6.45) is 0. The Kier molecular flexibility index (Phi) is 4.67. The van der Waals surface area contributed by atoms with Gasteiger partial charge in [0, 0.05) is 34.4 Å². The fourth-order valence-corrected chi connectivity index (χ4v) is 4.52. The Morgan fingerprint density at radius 3 is 2.06 bits per heavy atom. The molecule has 2 amide bonds. The van der Waals surface area contributed by atoms with Crippen molar-refractivity contribution in [1.82, 2.24) is 9.88 Å². The number of nitrogens with one attached hydrogen (secondary N) is 1. The summed E-state index contributed by atoms with van der Waals surface area (Å²) in [5.41, 5.74) is 3.55. The van der Waals surface area contributed by atoms with Crippen molar-refractivity contribution in [2.45, 2.75) is 0 Å². The van der Waals surface area contributed by atoms with Crippen molar-refractivity contribution in [1.29, 1.82) is 0 Å². The predicted molar refractivity (Wildman–Crippen MR) is 124 cm³/mol. The molecule has 0 fully saturated rings. The van der Waals surface area contributed by atoms with Gasteiger partial charge in [0.1, 0.15) is 5.75 Å². The van der Waals surface area contributed by atoms with Gasteiger partial charge in [-0.2, -0.15) is 0 Å². The number of carbonyl (C=O) groups is 2. The topological polar surface area (TPSA) is 90.1 Å². The van der Waals surface area contributed by atoms with Crippen LogP contribution >= 0.6 is 0 Å². The molecule has 0 saturated carbocycles. The largest absolute Gasteiger partial charge is 0.497 e. The number of methoxy groups -OCH3 is 4. The van der Waals surface area contributed by atoms with Crippen molar-refractivity contribution in [3.05, 3.63) is 47.5 Å². The third kappa shape index (κ3) is 2.83. The van der Waals surface area contributed by atoms with Crippen LogP contribution in [0.3, 0.4) is 0 Å². The second-order valence-corrected chi connectivity index (χ2v) is 7.72. The predicted octanol–water partition coefficient (Wildman–Crippen LogP) is 4.25. The van der Waals surface area contributed by atoms with E-state index in [-0.39, 0.29) is 11.8 Å². The number of benzene rings is 3. The number of aromatic amines is 1. The van der Waals surface area contributed by atoms with Gasteiger partial charge in [-0.25, -0.2) is 0 Å². The van der Waals surface area contributed by atoms with Crippen molar-refractivity contribution in [2.75, 3.05) is 35.5 Å². The van der Waals surface area contributed by atoms with E-state index < -0.39 is 0 Å². The minimum absolute atomic E-state index is 0.341. The minimum Gasteiger partial charge on any atom is -0.497 e. The molecule has 4 aromatic rings. The van der Waals surface area contributed by atoms with E-state index in [1.807, 2.05) is 18.2 Å². The van der Waals surface area contributed by atoms with E-state index >= 15 is 0 Å². The Morgan fingerprint density at radius 2 is 1.45 bits per heavy atom. The van der Waals surface area contributed by atoms with E-state index in [0.29, 0.717) is 45.3 Å². The highest BCUT2D eigenvalue weighted by atomic mass is 16.5. The number of fused-ring (bicyclic) bond motifs is 4. The molecule has 168 valence electrons. The van der Waals surface area contributed by atoms with Gasteiger partial charge < -0.3 is 23.9 Å². The third-order valence-electron chi connectivity index (χ3n) is 6.10. The highest BCUT2D eigenvalue weighted by molar-refractivity contribution is 6.29. The number of ether oxygens (including phenoxy) is 4. The zero-order chi connectivity index (χ0) is 23.4. The number of amides is 2. The molecule has 0 bridgehead atoms. The average molecular weight is 446 g/mol. The number of imide groups is 1. The van der Waals surface area contributed by atoms with Gasteiger partial charge in [0.15, 0.2) is 11.5 Å². The van der Waals surface area contributed by atoms with Crippen molar-refractivity contribution in [3.8, 4) is 34.1 Å². The maximum Gasteiger partial charge on any atom is 0.261 e. The first-order chi connectivity index (χ1) is 15.9. The maximum atomic E-state index is 13.2. The monoisotopic (exact) mass is 446 g/mol. The van der Waals surface area contributed by atoms with E-state index in [9.17, 15) is 9.59 Å². The minimum atomic E-state index is -0.363. The molecule has 1 N–H and O–H groups in total. The van der Waals surface area contributed by atoms with Crippen molar-refractivity contribution < 1.29 is 28.5 Å². The van der Waals surface area contributed by atoms with Crippen molar-refractivity contribution in [2.24, 2.45) is 0 Å². The van der Waals surface area contributed by atoms with Gasteiger partial charge in [0.05, 0.1) is 39.6 Å². The highest BCUT2D eigenvalue weighted by Crippen LogP contribution is 2.47. The molecule has 1 aromatic heterocycles. The molecule has 0 saturated heterocycles. The lowest BCUT2D eigenvalue weighted by molar-refractivity contribution is 0.0693. The molecule has 0 radical (unpaired) electrons. The van der Waals surface area contributed by atoms with E-state index in [0.717, 1.165) is 26.7 Å². The van der Waals surface area contributed by atoms with Crippen LogP contribution in [-0.4, -0.2) is 57.2 Å². The summed E-state index contributed by atoms with van der Waals surface area (Å²) < 4.78 is 22.0. The number of aromatic nitrogens is 1. The van der Waals surface area contributed by atoms with Crippen LogP contribution in [0.15, 0.2) is 36.4 Å². The molecule has 1 aliphatic heterocycles. The van der Waals surface area contributed by atoms with Gasteiger partial charge in [-0.3, -0.25) is 14.5 Å². The van der Waals surface area contributed by atoms with Gasteiger partial charge in [-0.1, -0.05) is 0 Å². The molecule has 3 aromatic carbocycles. The Bertz CT molecular complexity index is 1440. The summed E-state index contributed by atoms with van der Waals surface area (Å²) in [6.45, 7) is 0. The van der Waals surface area contributed by atoms with Crippen LogP contribution in [0, 0.1) is 0 Å². The Labute approximate surface area is 189 Å². The van der Waals surface area contributed by atoms with Gasteiger partial charge >= 0.3 is 0 Å². The molecular weight excluding hydrogens is 424 g/mol. The van der Waals surface area contributed by atoms with Crippen LogP contribution < -0.4 is 18.9 Å². The summed E-state index contributed by atoms with van der Waals surface area (Å²) in [4.78, 5) is 30.6. The van der Waals surface area contributed by atoms with E-state index in [1.54, 1.807) is 25.3 Å². The molecule has 2 heterocycles. The fraction of sp³-hybridized carbons (Fsp3) is 0.200. The molecular formula is C25H22N2O6. The maximum absolute atomic E-state index is 13.2. The fourth-order valence-electron chi connectivity index (χ4n) is 4.52. The summed E-state index contributed by atoms with van der Waals surface area (Å²) >= 11 is 0. The SMILES string of the molecule is COc1ccc2[nH]c3cc4c(c(-c5cc(OC)c(OC)c(OC)c5)c3c2c1)C(=O)N(C)C4=O. The lowest BCUT2D eigenvalue weighted by Gasteiger charge is -2.16. The van der Waals surface area contributed by atoms with Crippen molar-refractivity contribution >= 4 is 33.6 Å². The summed E-state index contributed by atoms with van der Waals surface area (Å²) in [5.74, 6) is 1.30. The van der Waals surface area contributed by atoms with E-state index in [1.165, 1.54) is 28.4 Å². The van der Waals surface area contributed by atoms with Gasteiger partial charge in [-0.05, 0) is 42.0 Å². The molecule has 8 nitrogen and oxygen atoms in total. The highest BCUT2D eigenvalue weighted by Gasteiger charge is 2.37. The van der Waals surface area contributed by atoms with E-state index in [2.05, 4.69) is 4.98 Å². The summed E-state index contributed by atoms with van der Waals surface area (Å²) in [6, 6.07) is 11.0. The first kappa shape index (κ1) is 20.7. The number of hydrogen-bond donors (Lipinski definition) is 1. The summed E-state index contributed by atoms with van der Waals surface area (Å²) in [5, 5.41) is 1.67. The first-order valence-electron chi connectivity index (χ1n) is 10.2. The molecule has 0 aliphatic carbocycles. The quantitative estimate of drug-likeness (QED) is 0.461. The number of nitrogens with zero attached hydrogens (tertiary/aromatic N) is 1. The number of carbonyl (C=O) groups excluding carboxylic acids is 2. The molecule has 0 unspecified atom stereocenters. The molecule has 1 aliphatic rings. The van der Waals surface area contributed by atoms with E-state index in [4.69, 9.17) is 18.9 Å². The lowest BCUT2D eigenvalue weighted by atomic mass is 9.91. The van der Waals surface area contributed by atoms with Crippen LogP contribution in [0.1, 0.15) is 20.7 Å². The normalized spacial score (nSPS) is 13.1. The van der Waals surface area contributed by atoms with Crippen LogP contribution in [-0.2, 0) is 0 Å². The molecule has 8 heteroatoms. The second kappa shape index (κ2) is 7.44. The van der Waals surface area contributed by atoms with Crippen LogP contribution in [0.4, 0.5) is 0 Å². The lowest BCUT2D eigenvalue weighted by Crippen LogP contribution is -2.24. The van der Waals surface area contributed by atoms with Crippen LogP contribution in [0.2, 0.25) is 0 Å². The zero-order valence-electron chi connectivity index (χ0n) is 18.9. The zero-order valence-corrected chi connectivity index (χ0v) is 18.9. The van der Waals surface area contributed by atoms with Gasteiger partial charge in [0.2, 0.25) is 5.75 Å². The van der Waals surface area contributed by atoms with Gasteiger partial charge in [0.25, 0.3) is 11.8 Å². The van der Waals surface area contributed by atoms with Gasteiger partial charge in [-0.15, -0.1) is 0 Å². The average Bonchev–Trinajstić information content (AvgIpc) is 3.31. The number of rotatable bonds is 5.